The Bertz CT molecular complexity index is 1030. The van der Waals surface area contributed by atoms with Gasteiger partial charge in [0.1, 0.15) is 11.6 Å². The minimum absolute atomic E-state index is 0.274. The highest BCUT2D eigenvalue weighted by molar-refractivity contribution is 5.64. The van der Waals surface area contributed by atoms with Gasteiger partial charge in [-0.25, -0.2) is 9.07 Å². The van der Waals surface area contributed by atoms with E-state index < -0.39 is 0 Å². The van der Waals surface area contributed by atoms with E-state index in [0.29, 0.717) is 35.3 Å². The van der Waals surface area contributed by atoms with Crippen molar-refractivity contribution in [3.8, 4) is 28.7 Å². The zero-order chi connectivity index (χ0) is 17.9. The molecule has 0 bridgehead atoms. The molecule has 0 aliphatic rings. The molecule has 0 N–H and O–H groups in total. The first-order valence-electron chi connectivity index (χ1n) is 7.85. The Labute approximate surface area is 148 Å². The van der Waals surface area contributed by atoms with Crippen LogP contribution >= 0.6 is 0 Å². The minimum Gasteiger partial charge on any atom is -0.496 e. The predicted molar refractivity (Wildman–Crippen MR) is 90.8 cm³/mol. The maximum absolute atomic E-state index is 13.0. The van der Waals surface area contributed by atoms with Gasteiger partial charge in [0, 0.05) is 0 Å². The van der Waals surface area contributed by atoms with Crippen molar-refractivity contribution in [2.24, 2.45) is 0 Å². The van der Waals surface area contributed by atoms with Crippen LogP contribution in [0, 0.1) is 5.82 Å². The van der Waals surface area contributed by atoms with Gasteiger partial charge in [0.15, 0.2) is 5.69 Å². The van der Waals surface area contributed by atoms with Crippen molar-refractivity contribution in [2.45, 2.75) is 6.54 Å². The van der Waals surface area contributed by atoms with Crippen LogP contribution in [-0.4, -0.2) is 32.2 Å². The SMILES string of the molecule is COc1ccccc1-c1nc(-c2cn(Cc3ccc(F)cc3)nn2)no1. The minimum atomic E-state index is -0.274. The molecule has 0 amide bonds. The van der Waals surface area contributed by atoms with Crippen molar-refractivity contribution < 1.29 is 13.7 Å². The first-order valence-corrected chi connectivity index (χ1v) is 7.85. The van der Waals surface area contributed by atoms with Crippen LogP contribution < -0.4 is 4.74 Å². The van der Waals surface area contributed by atoms with Gasteiger partial charge in [0.25, 0.3) is 5.89 Å². The van der Waals surface area contributed by atoms with E-state index in [2.05, 4.69) is 20.5 Å². The number of hydrogen-bond acceptors (Lipinski definition) is 6. The van der Waals surface area contributed by atoms with E-state index in [0.717, 1.165) is 5.56 Å². The highest BCUT2D eigenvalue weighted by Crippen LogP contribution is 2.29. The molecular formula is C18H14FN5O2. The number of aromatic nitrogens is 5. The average molecular weight is 351 g/mol. The number of ether oxygens (including phenoxy) is 1. The topological polar surface area (TPSA) is 78.9 Å². The lowest BCUT2D eigenvalue weighted by atomic mass is 10.2. The molecule has 0 saturated carbocycles. The first-order chi connectivity index (χ1) is 12.7. The Hall–Kier alpha value is -3.55. The van der Waals surface area contributed by atoms with Gasteiger partial charge in [-0.2, -0.15) is 4.98 Å². The molecule has 2 heterocycles. The average Bonchev–Trinajstić information content (AvgIpc) is 3.33. The summed E-state index contributed by atoms with van der Waals surface area (Å²) in [7, 11) is 1.58. The predicted octanol–water partition coefficient (Wildman–Crippen LogP) is 3.19. The molecule has 4 aromatic rings. The fourth-order valence-corrected chi connectivity index (χ4v) is 2.51. The fourth-order valence-electron chi connectivity index (χ4n) is 2.51. The van der Waals surface area contributed by atoms with E-state index in [4.69, 9.17) is 9.26 Å². The van der Waals surface area contributed by atoms with E-state index in [9.17, 15) is 4.39 Å². The first kappa shape index (κ1) is 15.9. The molecule has 0 unspecified atom stereocenters. The number of nitrogens with zero attached hydrogens (tertiary/aromatic N) is 5. The Morgan fingerprint density at radius 1 is 1.12 bits per heavy atom. The molecule has 0 atom stereocenters. The Morgan fingerprint density at radius 2 is 1.92 bits per heavy atom. The van der Waals surface area contributed by atoms with Gasteiger partial charge in [-0.05, 0) is 29.8 Å². The molecule has 7 nitrogen and oxygen atoms in total. The zero-order valence-electron chi connectivity index (χ0n) is 13.8. The Kier molecular flexibility index (Phi) is 4.14. The number of hydrogen-bond donors (Lipinski definition) is 0. The van der Waals surface area contributed by atoms with E-state index in [1.54, 1.807) is 30.1 Å². The Balaban J connectivity index is 1.57. The Morgan fingerprint density at radius 3 is 2.73 bits per heavy atom. The molecule has 130 valence electrons. The van der Waals surface area contributed by atoms with Crippen LogP contribution in [0.3, 0.4) is 0 Å². The summed E-state index contributed by atoms with van der Waals surface area (Å²) in [5, 5.41) is 12.1. The molecule has 0 aliphatic heterocycles. The van der Waals surface area contributed by atoms with Crippen LogP contribution in [-0.2, 0) is 6.54 Å². The molecule has 4 rings (SSSR count). The zero-order valence-corrected chi connectivity index (χ0v) is 13.8. The summed E-state index contributed by atoms with van der Waals surface area (Å²) in [5.41, 5.74) is 2.09. The van der Waals surface area contributed by atoms with Crippen molar-refractivity contribution >= 4 is 0 Å². The third-order valence-corrected chi connectivity index (χ3v) is 3.79. The van der Waals surface area contributed by atoms with Gasteiger partial charge in [0.05, 0.1) is 25.4 Å². The lowest BCUT2D eigenvalue weighted by molar-refractivity contribution is 0.405. The maximum atomic E-state index is 13.0. The second kappa shape index (κ2) is 6.75. The maximum Gasteiger partial charge on any atom is 0.262 e. The normalized spacial score (nSPS) is 10.8. The third kappa shape index (κ3) is 3.16. The van der Waals surface area contributed by atoms with Gasteiger partial charge in [-0.15, -0.1) is 5.10 Å². The van der Waals surface area contributed by atoms with Crippen LogP contribution in [0.5, 0.6) is 5.75 Å². The summed E-state index contributed by atoms with van der Waals surface area (Å²) in [5.74, 6) is 1.04. The molecule has 0 saturated heterocycles. The van der Waals surface area contributed by atoms with E-state index >= 15 is 0 Å². The quantitative estimate of drug-likeness (QED) is 0.549. The molecule has 0 spiro atoms. The standard InChI is InChI=1S/C18H14FN5O2/c1-25-16-5-3-2-4-14(16)18-20-17(22-26-18)15-11-24(23-21-15)10-12-6-8-13(19)9-7-12/h2-9,11H,10H2,1H3. The van der Waals surface area contributed by atoms with Crippen LogP contribution in [0.15, 0.2) is 59.3 Å². The smallest absolute Gasteiger partial charge is 0.262 e. The molecule has 26 heavy (non-hydrogen) atoms. The molecule has 2 aromatic heterocycles. The van der Waals surface area contributed by atoms with Crippen molar-refractivity contribution in [3.63, 3.8) is 0 Å². The second-order valence-corrected chi connectivity index (χ2v) is 5.55. The number of benzene rings is 2. The van der Waals surface area contributed by atoms with Gasteiger partial charge in [0.2, 0.25) is 5.82 Å². The largest absolute Gasteiger partial charge is 0.496 e. The highest BCUT2D eigenvalue weighted by atomic mass is 19.1. The summed E-state index contributed by atoms with van der Waals surface area (Å²) in [6.07, 6.45) is 1.71. The summed E-state index contributed by atoms with van der Waals surface area (Å²) in [6, 6.07) is 13.6. The molecule has 0 fully saturated rings. The molecular weight excluding hydrogens is 337 g/mol. The highest BCUT2D eigenvalue weighted by Gasteiger charge is 2.16. The van der Waals surface area contributed by atoms with Crippen molar-refractivity contribution in [1.82, 2.24) is 25.1 Å². The monoisotopic (exact) mass is 351 g/mol. The van der Waals surface area contributed by atoms with Crippen LogP contribution in [0.2, 0.25) is 0 Å². The van der Waals surface area contributed by atoms with Gasteiger partial charge in [-0.3, -0.25) is 0 Å². The molecule has 8 heteroatoms. The van der Waals surface area contributed by atoms with Crippen molar-refractivity contribution in [1.29, 1.82) is 0 Å². The van der Waals surface area contributed by atoms with Gasteiger partial charge in [-0.1, -0.05) is 34.6 Å². The summed E-state index contributed by atoms with van der Waals surface area (Å²) in [4.78, 5) is 4.37. The number of rotatable bonds is 5. The lowest BCUT2D eigenvalue weighted by Gasteiger charge is -2.02. The van der Waals surface area contributed by atoms with Crippen molar-refractivity contribution in [3.05, 3.63) is 66.1 Å². The molecule has 0 radical (unpaired) electrons. The molecule has 2 aromatic carbocycles. The lowest BCUT2D eigenvalue weighted by Crippen LogP contribution is -2.00. The van der Waals surface area contributed by atoms with E-state index in [1.807, 2.05) is 24.3 Å². The summed E-state index contributed by atoms with van der Waals surface area (Å²) >= 11 is 0. The van der Waals surface area contributed by atoms with E-state index in [-0.39, 0.29) is 5.82 Å². The van der Waals surface area contributed by atoms with Crippen LogP contribution in [0.1, 0.15) is 5.56 Å². The van der Waals surface area contributed by atoms with Crippen molar-refractivity contribution in [2.75, 3.05) is 7.11 Å². The van der Waals surface area contributed by atoms with E-state index in [1.165, 1.54) is 12.1 Å². The second-order valence-electron chi connectivity index (χ2n) is 5.55. The molecule has 0 aliphatic carbocycles. The number of halogens is 1. The summed E-state index contributed by atoms with van der Waals surface area (Å²) in [6.45, 7) is 0.463. The van der Waals surface area contributed by atoms with Crippen LogP contribution in [0.25, 0.3) is 23.0 Å². The van der Waals surface area contributed by atoms with Crippen LogP contribution in [0.4, 0.5) is 4.39 Å². The van der Waals surface area contributed by atoms with Gasteiger partial charge < -0.3 is 9.26 Å². The number of para-hydroxylation sites is 1. The number of methoxy groups -OCH3 is 1. The third-order valence-electron chi connectivity index (χ3n) is 3.79. The summed E-state index contributed by atoms with van der Waals surface area (Å²) < 4.78 is 25.2. The fraction of sp³-hybridized carbons (Fsp3) is 0.111. The van der Waals surface area contributed by atoms with Gasteiger partial charge >= 0.3 is 0 Å².